The number of carbonyl (C=O) groups excluding carboxylic acids is 2. The summed E-state index contributed by atoms with van der Waals surface area (Å²) in [4.78, 5) is 37.7. The fourth-order valence-corrected chi connectivity index (χ4v) is 4.10. The van der Waals surface area contributed by atoms with Gasteiger partial charge >= 0.3 is 17.9 Å². The van der Waals surface area contributed by atoms with E-state index in [2.05, 4.69) is 0 Å². The Bertz CT molecular complexity index is 1490. The van der Waals surface area contributed by atoms with E-state index in [1.165, 1.54) is 6.07 Å². The lowest BCUT2D eigenvalue weighted by Crippen LogP contribution is -2.52. The smallest absolute Gasteiger partial charge is 0.483 e. The molecule has 0 bridgehead atoms. The zero-order valence-electron chi connectivity index (χ0n) is 19.9. The molecule has 2 atom stereocenters. The van der Waals surface area contributed by atoms with Gasteiger partial charge in [-0.1, -0.05) is 36.4 Å². The molecule has 9 nitrogen and oxygen atoms in total. The molecule has 0 radical (unpaired) electrons. The first-order valence-electron chi connectivity index (χ1n) is 11.4. The van der Waals surface area contributed by atoms with Crippen molar-refractivity contribution in [2.45, 2.75) is 31.7 Å². The van der Waals surface area contributed by atoms with Gasteiger partial charge < -0.3 is 28.1 Å². The number of hydrogen-bond donors (Lipinski definition) is 0. The van der Waals surface area contributed by atoms with E-state index in [0.29, 0.717) is 11.1 Å². The first-order valence-corrected chi connectivity index (χ1v) is 11.4. The first-order chi connectivity index (χ1) is 17.8. The van der Waals surface area contributed by atoms with E-state index < -0.39 is 35.7 Å². The van der Waals surface area contributed by atoms with E-state index in [-0.39, 0.29) is 22.6 Å². The quantitative estimate of drug-likeness (QED) is 0.194. The highest BCUT2D eigenvalue weighted by Gasteiger charge is 2.51. The van der Waals surface area contributed by atoms with Crippen molar-refractivity contribution < 1.29 is 37.7 Å². The minimum absolute atomic E-state index is 0.128. The number of hydrogen-bond acceptors (Lipinski definition) is 9. The second-order valence-electron chi connectivity index (χ2n) is 8.76. The summed E-state index contributed by atoms with van der Waals surface area (Å²) < 4.78 is 33.6. The van der Waals surface area contributed by atoms with Crippen LogP contribution in [0.2, 0.25) is 0 Å². The third kappa shape index (κ3) is 5.11. The first kappa shape index (κ1) is 23.9. The van der Waals surface area contributed by atoms with E-state index in [0.717, 1.165) is 0 Å². The molecule has 0 spiro atoms. The molecule has 1 aliphatic heterocycles. The highest BCUT2D eigenvalue weighted by atomic mass is 16.8. The van der Waals surface area contributed by atoms with Gasteiger partial charge in [-0.05, 0) is 56.3 Å². The summed E-state index contributed by atoms with van der Waals surface area (Å²) in [7, 11) is 0. The lowest BCUT2D eigenvalue weighted by Gasteiger charge is -2.42. The molecular formula is C28H22O9. The summed E-state index contributed by atoms with van der Waals surface area (Å²) in [5.41, 5.74) is -1.46. The fourth-order valence-electron chi connectivity index (χ4n) is 4.10. The Morgan fingerprint density at radius 3 is 1.95 bits per heavy atom. The molecule has 9 heteroatoms. The lowest BCUT2D eigenvalue weighted by atomic mass is 9.87. The van der Waals surface area contributed by atoms with Gasteiger partial charge in [-0.25, -0.2) is 14.4 Å². The fraction of sp³-hybridized carbons (Fsp3) is 0.179. The van der Waals surface area contributed by atoms with Gasteiger partial charge in [-0.2, -0.15) is 0 Å². The molecule has 0 saturated carbocycles. The normalized spacial score (nSPS) is 17.7. The van der Waals surface area contributed by atoms with Gasteiger partial charge in [0.15, 0.2) is 12.2 Å². The van der Waals surface area contributed by atoms with Crippen molar-refractivity contribution in [3.63, 3.8) is 0 Å². The molecule has 1 aromatic heterocycles. The summed E-state index contributed by atoms with van der Waals surface area (Å²) in [6, 6.07) is 22.9. The Balaban J connectivity index is 1.54. The van der Waals surface area contributed by atoms with Crippen LogP contribution in [0, 0.1) is 0 Å². The van der Waals surface area contributed by atoms with E-state index in [9.17, 15) is 14.4 Å². The van der Waals surface area contributed by atoms with Crippen molar-refractivity contribution in [2.24, 2.45) is 0 Å². The second kappa shape index (κ2) is 9.69. The summed E-state index contributed by atoms with van der Waals surface area (Å²) in [5.74, 6) is 0.810. The van der Waals surface area contributed by atoms with Gasteiger partial charge in [0.1, 0.15) is 28.4 Å². The monoisotopic (exact) mass is 502 g/mol. The van der Waals surface area contributed by atoms with Crippen LogP contribution in [0.3, 0.4) is 0 Å². The number of ether oxygens (including phenoxy) is 5. The molecule has 0 fully saturated rings. The van der Waals surface area contributed by atoms with Crippen molar-refractivity contribution in [2.75, 3.05) is 0 Å². The van der Waals surface area contributed by atoms with Gasteiger partial charge in [0, 0.05) is 11.5 Å². The summed E-state index contributed by atoms with van der Waals surface area (Å²) in [5, 5.41) is 0.553. The van der Waals surface area contributed by atoms with Crippen LogP contribution in [-0.4, -0.2) is 24.0 Å². The lowest BCUT2D eigenvalue weighted by molar-refractivity contribution is -0.128. The molecule has 188 valence electrons. The van der Waals surface area contributed by atoms with Crippen molar-refractivity contribution in [3.05, 3.63) is 101 Å². The number of carbonyl (C=O) groups is 2. The molecule has 3 aromatic carbocycles. The van der Waals surface area contributed by atoms with E-state index in [1.807, 2.05) is 0 Å². The molecule has 0 unspecified atom stereocenters. The minimum Gasteiger partial charge on any atom is -0.483 e. The zero-order valence-corrected chi connectivity index (χ0v) is 19.9. The van der Waals surface area contributed by atoms with Crippen molar-refractivity contribution in [1.82, 2.24) is 0 Å². The molecule has 5 rings (SSSR count). The van der Waals surface area contributed by atoms with Gasteiger partial charge in [-0.3, -0.25) is 0 Å². The molecule has 37 heavy (non-hydrogen) atoms. The van der Waals surface area contributed by atoms with Gasteiger partial charge in [0.2, 0.25) is 0 Å². The van der Waals surface area contributed by atoms with Crippen LogP contribution in [0.15, 0.2) is 94.1 Å². The molecule has 0 saturated heterocycles. The Labute approximate surface area is 211 Å². The van der Waals surface area contributed by atoms with E-state index in [1.54, 1.807) is 92.7 Å². The van der Waals surface area contributed by atoms with Crippen LogP contribution in [-0.2, 0) is 9.47 Å². The predicted molar refractivity (Wildman–Crippen MR) is 131 cm³/mol. The molecular weight excluding hydrogens is 480 g/mol. The van der Waals surface area contributed by atoms with Gasteiger partial charge in [0.25, 0.3) is 0 Å². The highest BCUT2D eigenvalue weighted by Crippen LogP contribution is 2.46. The number of fused-ring (bicyclic) bond motifs is 3. The van der Waals surface area contributed by atoms with Gasteiger partial charge in [-0.15, -0.1) is 0 Å². The average molecular weight is 502 g/mol. The molecule has 0 amide bonds. The number of para-hydroxylation sites is 2. The van der Waals surface area contributed by atoms with Crippen LogP contribution in [0.25, 0.3) is 11.0 Å². The van der Waals surface area contributed by atoms with Crippen LogP contribution < -0.4 is 19.8 Å². The van der Waals surface area contributed by atoms with Gasteiger partial charge in [0.05, 0.1) is 5.56 Å². The summed E-state index contributed by atoms with van der Waals surface area (Å²) >= 11 is 0. The average Bonchev–Trinajstić information content (AvgIpc) is 2.86. The summed E-state index contributed by atoms with van der Waals surface area (Å²) in [6.45, 7) is 3.33. The Hall–Kier alpha value is -4.79. The second-order valence-corrected chi connectivity index (χ2v) is 8.76. The van der Waals surface area contributed by atoms with Crippen LogP contribution in [0.1, 0.15) is 25.5 Å². The van der Waals surface area contributed by atoms with E-state index in [4.69, 9.17) is 28.1 Å². The maximum absolute atomic E-state index is 12.9. The topological polar surface area (TPSA) is 111 Å². The Morgan fingerprint density at radius 2 is 1.32 bits per heavy atom. The highest BCUT2D eigenvalue weighted by molar-refractivity contribution is 5.83. The summed E-state index contributed by atoms with van der Waals surface area (Å²) in [6.07, 6.45) is -4.58. The molecule has 0 N–H and O–H groups in total. The Morgan fingerprint density at radius 1 is 0.757 bits per heavy atom. The predicted octanol–water partition coefficient (Wildman–Crippen LogP) is 5.80. The standard InChI is InChI=1S/C28H22O9/c1-28(2)25(36-27(31)33-19-11-7-4-8-12-19)24(35-26(30)32-18-9-5-3-6-10-18)22-20(37-28)15-13-17-14-16-21(29)34-23(17)22/h3-16,24-25H,1-2H3/t24-,25+/m0/s1. The van der Waals surface area contributed by atoms with Crippen molar-refractivity contribution >= 4 is 23.3 Å². The van der Waals surface area contributed by atoms with Crippen LogP contribution in [0.5, 0.6) is 17.2 Å². The molecule has 1 aliphatic rings. The van der Waals surface area contributed by atoms with Crippen molar-refractivity contribution in [1.29, 1.82) is 0 Å². The van der Waals surface area contributed by atoms with E-state index >= 15 is 0 Å². The van der Waals surface area contributed by atoms with Crippen LogP contribution >= 0.6 is 0 Å². The van der Waals surface area contributed by atoms with Crippen molar-refractivity contribution in [3.8, 4) is 17.2 Å². The number of benzene rings is 3. The largest absolute Gasteiger partial charge is 0.514 e. The SMILES string of the molecule is CC1(C)Oc2ccc3ccc(=O)oc3c2[C@H](OC(=O)Oc2ccccc2)[C@H]1OC(=O)Oc1ccccc1. The molecule has 4 aromatic rings. The minimum atomic E-state index is -1.27. The number of rotatable bonds is 4. The maximum atomic E-state index is 12.9. The maximum Gasteiger partial charge on any atom is 0.514 e. The van der Waals surface area contributed by atoms with Crippen LogP contribution in [0.4, 0.5) is 9.59 Å². The zero-order chi connectivity index (χ0) is 26.0. The Kier molecular flexibility index (Phi) is 6.27. The third-order valence-electron chi connectivity index (χ3n) is 5.74. The molecule has 2 heterocycles. The molecule has 0 aliphatic carbocycles. The third-order valence-corrected chi connectivity index (χ3v) is 5.74.